The van der Waals surface area contributed by atoms with Gasteiger partial charge in [0.15, 0.2) is 0 Å². The molecule has 2 heteroatoms. The quantitative estimate of drug-likeness (QED) is 0.900. The Labute approximate surface area is 127 Å². The molecule has 2 atom stereocenters. The van der Waals surface area contributed by atoms with E-state index in [9.17, 15) is 5.11 Å². The van der Waals surface area contributed by atoms with Crippen molar-refractivity contribution in [1.82, 2.24) is 5.32 Å². The molecule has 2 nitrogen and oxygen atoms in total. The molecule has 1 heterocycles. The second kappa shape index (κ2) is 5.78. The Morgan fingerprint density at radius 2 is 1.80 bits per heavy atom. The van der Waals surface area contributed by atoms with Crippen LogP contribution in [-0.4, -0.2) is 17.7 Å². The van der Waals surface area contributed by atoms with Gasteiger partial charge in [0.1, 0.15) is 5.60 Å². The number of benzene rings is 2. The Hall–Kier alpha value is -1.64. The second-order valence-electron chi connectivity index (χ2n) is 5.13. The molecule has 104 valence electrons. The van der Waals surface area contributed by atoms with Crippen molar-refractivity contribution in [2.45, 2.75) is 30.9 Å². The summed E-state index contributed by atoms with van der Waals surface area (Å²) >= 11 is 0. The van der Waals surface area contributed by atoms with Crippen LogP contribution in [-0.2, 0) is 5.60 Å². The molecule has 0 spiro atoms. The maximum absolute atomic E-state index is 11.7. The van der Waals surface area contributed by atoms with Crippen LogP contribution in [0, 0.1) is 0 Å². The highest BCUT2D eigenvalue weighted by molar-refractivity contribution is 5.38. The topological polar surface area (TPSA) is 32.3 Å². The monoisotopic (exact) mass is 272 g/mol. The molecule has 1 aliphatic heterocycles. The summed E-state index contributed by atoms with van der Waals surface area (Å²) in [5.41, 5.74) is -1.24. The van der Waals surface area contributed by atoms with Crippen LogP contribution in [0.5, 0.6) is 0 Å². The Morgan fingerprint density at radius 3 is 2.45 bits per heavy atom. The maximum Gasteiger partial charge on any atom is 0.130 e. The van der Waals surface area contributed by atoms with Crippen LogP contribution in [0.25, 0.3) is 0 Å². The predicted molar refractivity (Wildman–Crippen MR) is 81.5 cm³/mol. The van der Waals surface area contributed by atoms with Gasteiger partial charge in [-0.05, 0) is 30.5 Å². The smallest absolute Gasteiger partial charge is 0.130 e. The number of hydrogen-bond acceptors (Lipinski definition) is 2. The molecule has 3 rings (SSSR count). The van der Waals surface area contributed by atoms with Crippen LogP contribution in [0.2, 0.25) is 0 Å². The van der Waals surface area contributed by atoms with Crippen molar-refractivity contribution in [3.8, 4) is 0 Å². The summed E-state index contributed by atoms with van der Waals surface area (Å²) in [6.45, 7) is 0.721. The summed E-state index contributed by atoms with van der Waals surface area (Å²) in [4.78, 5) is 0. The molecule has 0 radical (unpaired) electrons. The molecule has 0 bridgehead atoms. The minimum atomic E-state index is -1.70. The van der Waals surface area contributed by atoms with Crippen LogP contribution in [0.15, 0.2) is 60.5 Å². The third-order valence-electron chi connectivity index (χ3n) is 3.91. The van der Waals surface area contributed by atoms with Gasteiger partial charge in [-0.2, -0.15) is 0 Å². The third kappa shape index (κ3) is 2.37. The summed E-state index contributed by atoms with van der Waals surface area (Å²) in [7, 11) is 0. The number of nitrogens with one attached hydrogen (secondary N) is 1. The normalized spacial score (nSPS) is 25.6. The fourth-order valence-electron chi connectivity index (χ4n) is 2.86. The van der Waals surface area contributed by atoms with Crippen LogP contribution in [0.4, 0.5) is 0 Å². The first kappa shape index (κ1) is 8.60. The Morgan fingerprint density at radius 1 is 1.05 bits per heavy atom. The van der Waals surface area contributed by atoms with E-state index in [4.69, 9.17) is 6.85 Å². The van der Waals surface area contributed by atoms with Gasteiger partial charge in [-0.25, -0.2) is 0 Å². The highest BCUT2D eigenvalue weighted by Gasteiger charge is 2.40. The average Bonchev–Trinajstić information content (AvgIpc) is 2.66. The number of aliphatic hydroxyl groups is 1. The van der Waals surface area contributed by atoms with Gasteiger partial charge < -0.3 is 10.4 Å². The molecule has 2 aromatic rings. The molecule has 2 aromatic carbocycles. The number of hydrogen-bond donors (Lipinski definition) is 2. The van der Waals surface area contributed by atoms with E-state index < -0.39 is 29.8 Å². The Bertz CT molecular complexity index is 748. The molecule has 0 amide bonds. The van der Waals surface area contributed by atoms with Gasteiger partial charge in [0, 0.05) is 6.04 Å². The van der Waals surface area contributed by atoms with E-state index in [1.807, 2.05) is 6.07 Å². The molecule has 20 heavy (non-hydrogen) atoms. The molecular formula is C18H21NO. The van der Waals surface area contributed by atoms with Crippen molar-refractivity contribution in [1.29, 1.82) is 0 Å². The first-order chi connectivity index (χ1) is 11.9. The maximum atomic E-state index is 11.7. The number of piperidine rings is 1. The minimum absolute atomic E-state index is 0.0656. The van der Waals surface area contributed by atoms with E-state index in [1.165, 1.54) is 0 Å². The SMILES string of the molecule is [2H]c1c([2H])c([2H])c(C(O)(c2ccccc2)C2CCCCN2)c([2H])c1[2H]. The first-order valence-electron chi connectivity index (χ1n) is 9.47. The molecule has 1 aliphatic rings. The van der Waals surface area contributed by atoms with Crippen LogP contribution in [0.3, 0.4) is 0 Å². The lowest BCUT2D eigenvalue weighted by Crippen LogP contribution is -2.51. The zero-order valence-corrected chi connectivity index (χ0v) is 11.2. The number of rotatable bonds is 3. The van der Waals surface area contributed by atoms with E-state index in [1.54, 1.807) is 24.3 Å². The van der Waals surface area contributed by atoms with Gasteiger partial charge in [-0.1, -0.05) is 67.0 Å². The fraction of sp³-hybridized carbons (Fsp3) is 0.333. The molecule has 2 N–H and O–H groups in total. The average molecular weight is 272 g/mol. The second-order valence-corrected chi connectivity index (χ2v) is 5.13. The van der Waals surface area contributed by atoms with E-state index in [-0.39, 0.29) is 17.6 Å². The minimum Gasteiger partial charge on any atom is -0.379 e. The highest BCUT2D eigenvalue weighted by Crippen LogP contribution is 2.36. The lowest BCUT2D eigenvalue weighted by atomic mass is 9.77. The summed E-state index contributed by atoms with van der Waals surface area (Å²) in [6, 6.07) is 6.39. The Kier molecular flexibility index (Phi) is 2.49. The lowest BCUT2D eigenvalue weighted by Gasteiger charge is -2.40. The molecule has 0 aromatic heterocycles. The molecule has 0 aliphatic carbocycles. The van der Waals surface area contributed by atoms with Crippen LogP contribution >= 0.6 is 0 Å². The van der Waals surface area contributed by atoms with Crippen molar-refractivity contribution >= 4 is 0 Å². The van der Waals surface area contributed by atoms with Crippen molar-refractivity contribution in [2.24, 2.45) is 0 Å². The van der Waals surface area contributed by atoms with E-state index >= 15 is 0 Å². The van der Waals surface area contributed by atoms with Crippen molar-refractivity contribution in [3.05, 3.63) is 71.7 Å². The van der Waals surface area contributed by atoms with Crippen molar-refractivity contribution in [2.75, 3.05) is 6.54 Å². The fourth-order valence-corrected chi connectivity index (χ4v) is 2.86. The largest absolute Gasteiger partial charge is 0.379 e. The summed E-state index contributed by atoms with van der Waals surface area (Å²) in [5, 5.41) is 15.0. The van der Waals surface area contributed by atoms with Gasteiger partial charge in [-0.15, -0.1) is 0 Å². The van der Waals surface area contributed by atoms with Gasteiger partial charge >= 0.3 is 0 Å². The summed E-state index contributed by atoms with van der Waals surface area (Å²) < 4.78 is 40.3. The van der Waals surface area contributed by atoms with Crippen LogP contribution in [0.1, 0.15) is 37.2 Å². The molecule has 2 unspecified atom stereocenters. The summed E-state index contributed by atoms with van der Waals surface area (Å²) in [6.07, 6.45) is 2.56. The van der Waals surface area contributed by atoms with Gasteiger partial charge in [0.2, 0.25) is 0 Å². The lowest BCUT2D eigenvalue weighted by molar-refractivity contribution is 0.0268. The third-order valence-corrected chi connectivity index (χ3v) is 3.91. The predicted octanol–water partition coefficient (Wildman–Crippen LogP) is 3.06. The van der Waals surface area contributed by atoms with E-state index in [0.29, 0.717) is 12.0 Å². The van der Waals surface area contributed by atoms with Crippen LogP contribution < -0.4 is 5.32 Å². The highest BCUT2D eigenvalue weighted by atomic mass is 16.3. The zero-order valence-electron chi connectivity index (χ0n) is 16.2. The zero-order chi connectivity index (χ0) is 18.2. The van der Waals surface area contributed by atoms with Crippen molar-refractivity contribution in [3.63, 3.8) is 0 Å². The van der Waals surface area contributed by atoms with Crippen molar-refractivity contribution < 1.29 is 12.0 Å². The van der Waals surface area contributed by atoms with Gasteiger partial charge in [-0.3, -0.25) is 0 Å². The molecule has 0 saturated carbocycles. The first-order valence-corrected chi connectivity index (χ1v) is 6.97. The van der Waals surface area contributed by atoms with E-state index in [2.05, 4.69) is 5.32 Å². The summed E-state index contributed by atoms with van der Waals surface area (Å²) in [5.74, 6) is 0. The van der Waals surface area contributed by atoms with Gasteiger partial charge in [0.05, 0.1) is 6.85 Å². The molecule has 1 saturated heterocycles. The standard InChI is InChI=1S/C18H21NO/c20-18(15-9-3-1-4-10-15,16-11-5-2-6-12-16)17-13-7-8-14-19-17/h1-6,9-12,17,19-20H,7-8,13-14H2/i1D,3D,4D,9D,10D. The Balaban J connectivity index is 2.30. The van der Waals surface area contributed by atoms with E-state index in [0.717, 1.165) is 19.4 Å². The van der Waals surface area contributed by atoms with Gasteiger partial charge in [0.25, 0.3) is 0 Å². The molecular weight excluding hydrogens is 246 g/mol. The molecule has 1 fully saturated rings.